The highest BCUT2D eigenvalue weighted by Gasteiger charge is 2.11. The minimum absolute atomic E-state index is 0.00849. The molecule has 0 spiro atoms. The van der Waals surface area contributed by atoms with Crippen LogP contribution in [0.15, 0.2) is 34.2 Å². The zero-order chi connectivity index (χ0) is 10.8. The van der Waals surface area contributed by atoms with Gasteiger partial charge in [-0.05, 0) is 17.7 Å². The lowest BCUT2D eigenvalue weighted by atomic mass is 10.1. The summed E-state index contributed by atoms with van der Waals surface area (Å²) in [4.78, 5) is 16.3. The van der Waals surface area contributed by atoms with Crippen molar-refractivity contribution >= 4 is 33.0 Å². The number of hydrogen-bond donors (Lipinski definition) is 0. The number of halogens is 1. The molecule has 0 bridgehead atoms. The van der Waals surface area contributed by atoms with Crippen molar-refractivity contribution in [3.8, 4) is 10.4 Å². The molecule has 2 aromatic rings. The highest BCUT2D eigenvalue weighted by Crippen LogP contribution is 2.28. The van der Waals surface area contributed by atoms with Crippen LogP contribution in [0.2, 0.25) is 0 Å². The first-order valence-corrected chi connectivity index (χ1v) is 6.06. The maximum absolute atomic E-state index is 11.3. The normalized spacial score (nSPS) is 10.3. The van der Waals surface area contributed by atoms with E-state index < -0.39 is 0 Å². The van der Waals surface area contributed by atoms with Gasteiger partial charge in [-0.15, -0.1) is 11.3 Å². The Kier molecular flexibility index (Phi) is 2.98. The minimum atomic E-state index is 0.00849. The number of benzene rings is 1. The van der Waals surface area contributed by atoms with E-state index in [0.29, 0.717) is 5.69 Å². The van der Waals surface area contributed by atoms with E-state index in [4.69, 9.17) is 0 Å². The van der Waals surface area contributed by atoms with Gasteiger partial charge in [-0.1, -0.05) is 28.1 Å². The van der Waals surface area contributed by atoms with E-state index >= 15 is 0 Å². The molecule has 0 fully saturated rings. The first kappa shape index (κ1) is 10.5. The maximum Gasteiger partial charge on any atom is 0.179 e. The van der Waals surface area contributed by atoms with Gasteiger partial charge in [-0.3, -0.25) is 4.79 Å². The Morgan fingerprint density at radius 2 is 2.00 bits per heavy atom. The number of aromatic nitrogens is 1. The molecule has 2 nitrogen and oxygen atoms in total. The van der Waals surface area contributed by atoms with E-state index in [-0.39, 0.29) is 5.78 Å². The third-order valence-electron chi connectivity index (χ3n) is 2.01. The monoisotopic (exact) mass is 281 g/mol. The first-order valence-electron chi connectivity index (χ1n) is 4.39. The summed E-state index contributed by atoms with van der Waals surface area (Å²) in [6.45, 7) is 1.54. The Hall–Kier alpha value is -1.00. The van der Waals surface area contributed by atoms with E-state index in [9.17, 15) is 4.79 Å². The van der Waals surface area contributed by atoms with Gasteiger partial charge in [-0.25, -0.2) is 4.98 Å². The lowest BCUT2D eigenvalue weighted by Crippen LogP contribution is -1.94. The lowest BCUT2D eigenvalue weighted by molar-refractivity contribution is 0.101. The molecule has 15 heavy (non-hydrogen) atoms. The standard InChI is InChI=1S/C11H8BrNOS/c1-7(14)10-11(15-6-13-10)8-2-4-9(12)5-3-8/h2-6H,1H3. The average Bonchev–Trinajstić information content (AvgIpc) is 2.67. The predicted molar refractivity (Wildman–Crippen MR) is 65.3 cm³/mol. The number of thiazole rings is 1. The Morgan fingerprint density at radius 3 is 2.60 bits per heavy atom. The predicted octanol–water partition coefficient (Wildman–Crippen LogP) is 3.78. The zero-order valence-corrected chi connectivity index (χ0v) is 10.4. The second-order valence-electron chi connectivity index (χ2n) is 3.09. The number of ketones is 1. The van der Waals surface area contributed by atoms with Crippen molar-refractivity contribution in [1.29, 1.82) is 0 Å². The van der Waals surface area contributed by atoms with Crippen molar-refractivity contribution in [2.45, 2.75) is 6.92 Å². The molecular formula is C11H8BrNOS. The third-order valence-corrected chi connectivity index (χ3v) is 3.41. The minimum Gasteiger partial charge on any atom is -0.293 e. The molecule has 0 amide bonds. The van der Waals surface area contributed by atoms with Crippen molar-refractivity contribution in [3.05, 3.63) is 39.9 Å². The molecule has 0 aliphatic rings. The molecule has 0 atom stereocenters. The van der Waals surface area contributed by atoms with E-state index in [2.05, 4.69) is 20.9 Å². The van der Waals surface area contributed by atoms with Crippen molar-refractivity contribution in [2.75, 3.05) is 0 Å². The zero-order valence-electron chi connectivity index (χ0n) is 8.03. The van der Waals surface area contributed by atoms with Gasteiger partial charge in [-0.2, -0.15) is 0 Å². The molecule has 0 N–H and O–H groups in total. The molecule has 0 aliphatic heterocycles. The van der Waals surface area contributed by atoms with E-state index in [1.54, 1.807) is 5.51 Å². The topological polar surface area (TPSA) is 30.0 Å². The van der Waals surface area contributed by atoms with Gasteiger partial charge in [0.1, 0.15) is 5.69 Å². The fourth-order valence-electron chi connectivity index (χ4n) is 1.30. The van der Waals surface area contributed by atoms with Crippen molar-refractivity contribution in [2.24, 2.45) is 0 Å². The molecule has 1 aromatic carbocycles. The summed E-state index contributed by atoms with van der Waals surface area (Å²) >= 11 is 4.87. The summed E-state index contributed by atoms with van der Waals surface area (Å²) < 4.78 is 1.03. The van der Waals surface area contributed by atoms with Gasteiger partial charge in [0.2, 0.25) is 0 Å². The van der Waals surface area contributed by atoms with Gasteiger partial charge in [0, 0.05) is 11.4 Å². The van der Waals surface area contributed by atoms with Gasteiger partial charge < -0.3 is 0 Å². The second kappa shape index (κ2) is 4.24. The summed E-state index contributed by atoms with van der Waals surface area (Å²) in [7, 11) is 0. The van der Waals surface area contributed by atoms with Crippen LogP contribution in [-0.2, 0) is 0 Å². The van der Waals surface area contributed by atoms with Crippen LogP contribution in [0, 0.1) is 0 Å². The summed E-state index contributed by atoms with van der Waals surface area (Å²) in [5, 5.41) is 0. The second-order valence-corrected chi connectivity index (χ2v) is 4.86. The molecule has 0 unspecified atom stereocenters. The SMILES string of the molecule is CC(=O)c1ncsc1-c1ccc(Br)cc1. The third kappa shape index (κ3) is 2.16. The molecule has 1 aromatic heterocycles. The van der Waals surface area contributed by atoms with Crippen LogP contribution >= 0.6 is 27.3 Å². The van der Waals surface area contributed by atoms with Crippen LogP contribution in [-0.4, -0.2) is 10.8 Å². The number of carbonyl (C=O) groups excluding carboxylic acids is 1. The van der Waals surface area contributed by atoms with E-state index in [0.717, 1.165) is 14.9 Å². The van der Waals surface area contributed by atoms with Gasteiger partial charge in [0.05, 0.1) is 10.4 Å². The Bertz CT molecular complexity index is 490. The molecule has 76 valence electrons. The number of hydrogen-bond acceptors (Lipinski definition) is 3. The van der Waals surface area contributed by atoms with Crippen LogP contribution in [0.5, 0.6) is 0 Å². The van der Waals surface area contributed by atoms with E-state index in [1.165, 1.54) is 18.3 Å². The van der Waals surface area contributed by atoms with Gasteiger partial charge in [0.25, 0.3) is 0 Å². The average molecular weight is 282 g/mol. The fraction of sp³-hybridized carbons (Fsp3) is 0.0909. The largest absolute Gasteiger partial charge is 0.293 e. The highest BCUT2D eigenvalue weighted by atomic mass is 79.9. The molecule has 0 aliphatic carbocycles. The van der Waals surface area contributed by atoms with Crippen LogP contribution in [0.4, 0.5) is 0 Å². The van der Waals surface area contributed by atoms with E-state index in [1.807, 2.05) is 24.3 Å². The lowest BCUT2D eigenvalue weighted by Gasteiger charge is -1.99. The van der Waals surface area contributed by atoms with Crippen molar-refractivity contribution in [3.63, 3.8) is 0 Å². The van der Waals surface area contributed by atoms with Crippen molar-refractivity contribution < 1.29 is 4.79 Å². The molecule has 4 heteroatoms. The maximum atomic E-state index is 11.3. The number of carbonyl (C=O) groups is 1. The quantitative estimate of drug-likeness (QED) is 0.785. The molecular weight excluding hydrogens is 274 g/mol. The number of rotatable bonds is 2. The smallest absolute Gasteiger partial charge is 0.179 e. The Balaban J connectivity index is 2.49. The van der Waals surface area contributed by atoms with Gasteiger partial charge >= 0.3 is 0 Å². The van der Waals surface area contributed by atoms with Crippen LogP contribution in [0.3, 0.4) is 0 Å². The molecule has 0 saturated heterocycles. The Morgan fingerprint density at radius 1 is 1.33 bits per heavy atom. The van der Waals surface area contributed by atoms with Crippen LogP contribution in [0.25, 0.3) is 10.4 Å². The molecule has 1 heterocycles. The van der Waals surface area contributed by atoms with Crippen LogP contribution < -0.4 is 0 Å². The van der Waals surface area contributed by atoms with Crippen molar-refractivity contribution in [1.82, 2.24) is 4.98 Å². The Labute approximate surface area is 100 Å². The number of nitrogens with zero attached hydrogens (tertiary/aromatic N) is 1. The summed E-state index contributed by atoms with van der Waals surface area (Å²) in [5.41, 5.74) is 3.29. The first-order chi connectivity index (χ1) is 7.18. The fourth-order valence-corrected chi connectivity index (χ4v) is 2.41. The molecule has 0 radical (unpaired) electrons. The highest BCUT2D eigenvalue weighted by molar-refractivity contribution is 9.10. The van der Waals surface area contributed by atoms with Crippen LogP contribution in [0.1, 0.15) is 17.4 Å². The summed E-state index contributed by atoms with van der Waals surface area (Å²) in [6.07, 6.45) is 0. The number of Topliss-reactive ketones (excluding diaryl/α,β-unsaturated/α-hetero) is 1. The molecule has 2 rings (SSSR count). The molecule has 0 saturated carbocycles. The summed E-state index contributed by atoms with van der Waals surface area (Å²) in [5.74, 6) is 0.00849. The van der Waals surface area contributed by atoms with Gasteiger partial charge in [0.15, 0.2) is 5.78 Å². The summed E-state index contributed by atoms with van der Waals surface area (Å²) in [6, 6.07) is 7.87.